The van der Waals surface area contributed by atoms with Gasteiger partial charge in [0, 0.05) is 22.0 Å². The number of thiazole rings is 1. The van der Waals surface area contributed by atoms with Crippen LogP contribution in [0.4, 0.5) is 0 Å². The van der Waals surface area contributed by atoms with E-state index < -0.39 is 5.97 Å². The van der Waals surface area contributed by atoms with Gasteiger partial charge in [-0.05, 0) is 32.1 Å². The summed E-state index contributed by atoms with van der Waals surface area (Å²) < 4.78 is 1.92. The number of nitrogens with zero attached hydrogens (tertiary/aromatic N) is 2. The second-order valence-corrected chi connectivity index (χ2v) is 6.84. The lowest BCUT2D eigenvalue weighted by Gasteiger charge is -2.02. The van der Waals surface area contributed by atoms with Crippen molar-refractivity contribution in [1.82, 2.24) is 9.38 Å². The third kappa shape index (κ3) is 2.93. The molecule has 0 radical (unpaired) electrons. The molecule has 6 heteroatoms. The highest BCUT2D eigenvalue weighted by atomic mass is 32.2. The van der Waals surface area contributed by atoms with Crippen molar-refractivity contribution in [3.05, 3.63) is 52.7 Å². The molecule has 0 aliphatic heterocycles. The Bertz CT molecular complexity index is 860. The standard InChI is InChI=1S/C16H14N2O2S2/c1-10-3-5-12(6-4-10)22-14-13(9-11(2)15(19)20)18-7-8-21-16(18)17-14/h3-9H,1-2H3,(H,19,20)/b11-9+. The summed E-state index contributed by atoms with van der Waals surface area (Å²) in [6, 6.07) is 8.20. The lowest BCUT2D eigenvalue weighted by atomic mass is 10.2. The SMILES string of the molecule is C/C(=C\c1c(Sc2ccc(C)cc2)nc2sccn12)C(=O)O. The highest BCUT2D eigenvalue weighted by Crippen LogP contribution is 2.33. The molecule has 0 atom stereocenters. The molecule has 2 aromatic heterocycles. The minimum absolute atomic E-state index is 0.291. The van der Waals surface area contributed by atoms with Crippen LogP contribution < -0.4 is 0 Å². The van der Waals surface area contributed by atoms with Gasteiger partial charge in [-0.2, -0.15) is 0 Å². The molecular weight excluding hydrogens is 316 g/mol. The molecule has 3 aromatic rings. The number of benzene rings is 1. The quantitative estimate of drug-likeness (QED) is 0.723. The summed E-state index contributed by atoms with van der Waals surface area (Å²) in [6.45, 7) is 3.64. The lowest BCUT2D eigenvalue weighted by Crippen LogP contribution is -1.96. The average Bonchev–Trinajstić information content (AvgIpc) is 3.04. The number of aromatic nitrogens is 2. The van der Waals surface area contributed by atoms with E-state index in [0.717, 1.165) is 20.6 Å². The normalized spacial score (nSPS) is 12.0. The number of rotatable bonds is 4. The van der Waals surface area contributed by atoms with Crippen LogP contribution in [0.5, 0.6) is 0 Å². The lowest BCUT2D eigenvalue weighted by molar-refractivity contribution is -0.132. The number of aliphatic carboxylic acids is 1. The summed E-state index contributed by atoms with van der Waals surface area (Å²) in [5.74, 6) is -0.920. The Morgan fingerprint density at radius 3 is 2.77 bits per heavy atom. The highest BCUT2D eigenvalue weighted by Gasteiger charge is 2.14. The van der Waals surface area contributed by atoms with E-state index >= 15 is 0 Å². The van der Waals surface area contributed by atoms with Crippen molar-refractivity contribution < 1.29 is 9.90 Å². The zero-order chi connectivity index (χ0) is 15.7. The Kier molecular flexibility index (Phi) is 4.04. The van der Waals surface area contributed by atoms with Crippen molar-refractivity contribution in [1.29, 1.82) is 0 Å². The zero-order valence-electron chi connectivity index (χ0n) is 12.1. The van der Waals surface area contributed by atoms with E-state index in [1.165, 1.54) is 16.9 Å². The molecule has 0 bridgehead atoms. The number of carbonyl (C=O) groups is 1. The van der Waals surface area contributed by atoms with Crippen molar-refractivity contribution in [2.24, 2.45) is 0 Å². The molecule has 0 aliphatic rings. The van der Waals surface area contributed by atoms with Crippen LogP contribution in [-0.2, 0) is 4.79 Å². The Morgan fingerprint density at radius 2 is 2.09 bits per heavy atom. The van der Waals surface area contributed by atoms with E-state index in [1.807, 2.05) is 35.0 Å². The molecule has 0 spiro atoms. The fraction of sp³-hybridized carbons (Fsp3) is 0.125. The molecule has 3 rings (SSSR count). The van der Waals surface area contributed by atoms with Gasteiger partial charge in [-0.3, -0.25) is 4.40 Å². The van der Waals surface area contributed by atoms with E-state index in [1.54, 1.807) is 24.8 Å². The van der Waals surface area contributed by atoms with Crippen LogP contribution in [0.1, 0.15) is 18.2 Å². The molecule has 0 unspecified atom stereocenters. The van der Waals surface area contributed by atoms with Crippen LogP contribution in [0, 0.1) is 6.92 Å². The number of aryl methyl sites for hydroxylation is 1. The topological polar surface area (TPSA) is 54.6 Å². The van der Waals surface area contributed by atoms with Gasteiger partial charge in [-0.1, -0.05) is 29.5 Å². The van der Waals surface area contributed by atoms with Crippen LogP contribution in [0.15, 0.2) is 51.3 Å². The van der Waals surface area contributed by atoms with Gasteiger partial charge in [-0.15, -0.1) is 11.3 Å². The number of hydrogen-bond acceptors (Lipinski definition) is 4. The summed E-state index contributed by atoms with van der Waals surface area (Å²) in [5, 5.41) is 11.9. The van der Waals surface area contributed by atoms with Gasteiger partial charge in [0.15, 0.2) is 4.96 Å². The van der Waals surface area contributed by atoms with Gasteiger partial charge in [0.25, 0.3) is 0 Å². The molecule has 112 valence electrons. The molecule has 4 nitrogen and oxygen atoms in total. The maximum atomic E-state index is 11.1. The monoisotopic (exact) mass is 330 g/mol. The van der Waals surface area contributed by atoms with Gasteiger partial charge in [0.1, 0.15) is 5.03 Å². The minimum Gasteiger partial charge on any atom is -0.478 e. The number of imidazole rings is 1. The van der Waals surface area contributed by atoms with Crippen molar-refractivity contribution in [2.75, 3.05) is 0 Å². The van der Waals surface area contributed by atoms with Crippen LogP contribution in [-0.4, -0.2) is 20.5 Å². The smallest absolute Gasteiger partial charge is 0.331 e. The molecule has 0 fully saturated rings. The van der Waals surface area contributed by atoms with Crippen LogP contribution in [0.3, 0.4) is 0 Å². The van der Waals surface area contributed by atoms with Gasteiger partial charge in [0.05, 0.1) is 5.69 Å². The average molecular weight is 330 g/mol. The fourth-order valence-corrected chi connectivity index (χ4v) is 3.64. The maximum Gasteiger partial charge on any atom is 0.331 e. The predicted octanol–water partition coefficient (Wildman–Crippen LogP) is 4.34. The van der Waals surface area contributed by atoms with E-state index in [0.29, 0.717) is 5.57 Å². The number of fused-ring (bicyclic) bond motifs is 1. The summed E-state index contributed by atoms with van der Waals surface area (Å²) >= 11 is 3.08. The molecule has 0 aliphatic carbocycles. The van der Waals surface area contributed by atoms with Crippen LogP contribution >= 0.6 is 23.1 Å². The van der Waals surface area contributed by atoms with Gasteiger partial charge >= 0.3 is 5.97 Å². The van der Waals surface area contributed by atoms with Crippen LogP contribution in [0.25, 0.3) is 11.0 Å². The maximum absolute atomic E-state index is 11.1. The largest absolute Gasteiger partial charge is 0.478 e. The van der Waals surface area contributed by atoms with Gasteiger partial charge in [0.2, 0.25) is 0 Å². The molecule has 2 heterocycles. The van der Waals surface area contributed by atoms with Gasteiger partial charge in [-0.25, -0.2) is 9.78 Å². The first-order valence-electron chi connectivity index (χ1n) is 6.66. The summed E-state index contributed by atoms with van der Waals surface area (Å²) in [7, 11) is 0. The Morgan fingerprint density at radius 1 is 1.36 bits per heavy atom. The Hall–Kier alpha value is -2.05. The van der Waals surface area contributed by atoms with Crippen molar-refractivity contribution >= 4 is 40.1 Å². The molecule has 0 amide bonds. The second kappa shape index (κ2) is 5.98. The van der Waals surface area contributed by atoms with Crippen molar-refractivity contribution in [2.45, 2.75) is 23.8 Å². The van der Waals surface area contributed by atoms with E-state index in [4.69, 9.17) is 5.11 Å². The predicted molar refractivity (Wildman–Crippen MR) is 89.7 cm³/mol. The molecule has 1 aromatic carbocycles. The van der Waals surface area contributed by atoms with Crippen LogP contribution in [0.2, 0.25) is 0 Å². The molecule has 1 N–H and O–H groups in total. The Balaban J connectivity index is 2.05. The van der Waals surface area contributed by atoms with E-state index in [-0.39, 0.29) is 0 Å². The zero-order valence-corrected chi connectivity index (χ0v) is 13.7. The second-order valence-electron chi connectivity index (χ2n) is 4.91. The molecule has 0 saturated carbocycles. The first kappa shape index (κ1) is 14.9. The number of hydrogen-bond donors (Lipinski definition) is 1. The number of carboxylic acids is 1. The molecule has 22 heavy (non-hydrogen) atoms. The van der Waals surface area contributed by atoms with E-state index in [2.05, 4.69) is 17.1 Å². The van der Waals surface area contributed by atoms with Crippen molar-refractivity contribution in [3.63, 3.8) is 0 Å². The molecule has 0 saturated heterocycles. The minimum atomic E-state index is -0.920. The summed E-state index contributed by atoms with van der Waals surface area (Å²) in [4.78, 5) is 17.7. The third-order valence-corrected chi connectivity index (χ3v) is 4.95. The third-order valence-electron chi connectivity index (χ3n) is 3.19. The highest BCUT2D eigenvalue weighted by molar-refractivity contribution is 7.99. The summed E-state index contributed by atoms with van der Waals surface area (Å²) in [5.41, 5.74) is 2.30. The molecular formula is C16H14N2O2S2. The Labute approximate surface area is 136 Å². The van der Waals surface area contributed by atoms with Crippen molar-refractivity contribution in [3.8, 4) is 0 Å². The first-order valence-corrected chi connectivity index (χ1v) is 8.36. The first-order chi connectivity index (χ1) is 10.5. The fourth-order valence-electron chi connectivity index (χ4n) is 1.97. The van der Waals surface area contributed by atoms with E-state index in [9.17, 15) is 4.79 Å². The summed E-state index contributed by atoms with van der Waals surface area (Å²) in [6.07, 6.45) is 3.58. The van der Waals surface area contributed by atoms with Gasteiger partial charge < -0.3 is 5.11 Å². The number of carboxylic acid groups (broad SMARTS) is 1.